The van der Waals surface area contributed by atoms with E-state index in [1.165, 1.54) is 17.8 Å². The first kappa shape index (κ1) is 17.6. The van der Waals surface area contributed by atoms with E-state index in [1.54, 1.807) is 0 Å². The SMILES string of the molecule is N#Cc1ccnc(N2CCN(C/C=C/c3ccccc3)CC2)c1[N+](=O)[O-]. The summed E-state index contributed by atoms with van der Waals surface area (Å²) in [7, 11) is 0. The maximum Gasteiger partial charge on any atom is 0.329 e. The second kappa shape index (κ2) is 8.23. The molecule has 0 amide bonds. The van der Waals surface area contributed by atoms with Crippen LogP contribution >= 0.6 is 0 Å². The summed E-state index contributed by atoms with van der Waals surface area (Å²) in [6.45, 7) is 3.68. The molecular formula is C19H19N5O2. The number of aromatic nitrogens is 1. The first-order valence-corrected chi connectivity index (χ1v) is 8.41. The van der Waals surface area contributed by atoms with Gasteiger partial charge in [0.1, 0.15) is 11.6 Å². The van der Waals surface area contributed by atoms with E-state index < -0.39 is 4.92 Å². The zero-order chi connectivity index (χ0) is 18.4. The van der Waals surface area contributed by atoms with Crippen LogP contribution in [-0.2, 0) is 0 Å². The number of piperazine rings is 1. The Bertz CT molecular complexity index is 837. The van der Waals surface area contributed by atoms with Crippen LogP contribution in [0.1, 0.15) is 11.1 Å². The van der Waals surface area contributed by atoms with Crippen molar-refractivity contribution >= 4 is 17.6 Å². The molecule has 0 bridgehead atoms. The third kappa shape index (κ3) is 4.05. The number of hydrogen-bond acceptors (Lipinski definition) is 6. The van der Waals surface area contributed by atoms with Gasteiger partial charge in [0, 0.05) is 38.9 Å². The van der Waals surface area contributed by atoms with Crippen LogP contribution < -0.4 is 4.90 Å². The molecule has 1 fully saturated rings. The molecule has 0 N–H and O–H groups in total. The van der Waals surface area contributed by atoms with Crippen molar-refractivity contribution in [2.75, 3.05) is 37.6 Å². The lowest BCUT2D eigenvalue weighted by Gasteiger charge is -2.34. The average molecular weight is 349 g/mol. The summed E-state index contributed by atoms with van der Waals surface area (Å²) < 4.78 is 0. The van der Waals surface area contributed by atoms with Crippen molar-refractivity contribution in [2.45, 2.75) is 0 Å². The van der Waals surface area contributed by atoms with Crippen molar-refractivity contribution in [3.8, 4) is 6.07 Å². The van der Waals surface area contributed by atoms with Crippen LogP contribution in [0, 0.1) is 21.4 Å². The Kier molecular flexibility index (Phi) is 5.56. The molecule has 7 heteroatoms. The maximum atomic E-state index is 11.4. The van der Waals surface area contributed by atoms with Crippen molar-refractivity contribution in [1.82, 2.24) is 9.88 Å². The Morgan fingerprint density at radius 3 is 2.58 bits per heavy atom. The fraction of sp³-hybridized carbons (Fsp3) is 0.263. The highest BCUT2D eigenvalue weighted by molar-refractivity contribution is 5.65. The highest BCUT2D eigenvalue weighted by Crippen LogP contribution is 2.29. The molecule has 132 valence electrons. The van der Waals surface area contributed by atoms with E-state index in [-0.39, 0.29) is 17.1 Å². The van der Waals surface area contributed by atoms with Crippen molar-refractivity contribution in [1.29, 1.82) is 5.26 Å². The first-order chi connectivity index (χ1) is 12.7. The molecule has 0 aliphatic carbocycles. The monoisotopic (exact) mass is 349 g/mol. The average Bonchev–Trinajstić information content (AvgIpc) is 2.68. The van der Waals surface area contributed by atoms with E-state index >= 15 is 0 Å². The molecular weight excluding hydrogens is 330 g/mol. The quantitative estimate of drug-likeness (QED) is 0.609. The molecule has 1 saturated heterocycles. The van der Waals surface area contributed by atoms with E-state index in [9.17, 15) is 10.1 Å². The van der Waals surface area contributed by atoms with Gasteiger partial charge in [0.15, 0.2) is 0 Å². The second-order valence-electron chi connectivity index (χ2n) is 6.00. The number of anilines is 1. The minimum atomic E-state index is -0.518. The Hall–Kier alpha value is -3.24. The molecule has 0 atom stereocenters. The van der Waals surface area contributed by atoms with Crippen LogP contribution in [0.5, 0.6) is 0 Å². The van der Waals surface area contributed by atoms with Gasteiger partial charge in [-0.3, -0.25) is 15.0 Å². The van der Waals surface area contributed by atoms with Crippen molar-refractivity contribution in [3.05, 3.63) is 69.9 Å². The van der Waals surface area contributed by atoms with Crippen LogP contribution in [0.2, 0.25) is 0 Å². The number of nitro groups is 1. The maximum absolute atomic E-state index is 11.4. The molecule has 0 radical (unpaired) electrons. The number of rotatable bonds is 5. The molecule has 1 aromatic heterocycles. The predicted octanol–water partition coefficient (Wildman–Crippen LogP) is 2.70. The lowest BCUT2D eigenvalue weighted by Crippen LogP contribution is -2.46. The minimum absolute atomic E-state index is 0.0493. The Morgan fingerprint density at radius 1 is 1.19 bits per heavy atom. The van der Waals surface area contributed by atoms with E-state index in [2.05, 4.69) is 34.2 Å². The number of nitrogens with zero attached hydrogens (tertiary/aromatic N) is 5. The molecule has 1 aromatic carbocycles. The summed E-state index contributed by atoms with van der Waals surface area (Å²) in [5.74, 6) is 0.286. The Morgan fingerprint density at radius 2 is 1.92 bits per heavy atom. The van der Waals surface area contributed by atoms with Gasteiger partial charge in [-0.15, -0.1) is 0 Å². The smallest absolute Gasteiger partial charge is 0.329 e. The van der Waals surface area contributed by atoms with Crippen LogP contribution in [0.3, 0.4) is 0 Å². The number of pyridine rings is 1. The third-order valence-corrected chi connectivity index (χ3v) is 4.35. The number of hydrogen-bond donors (Lipinski definition) is 0. The zero-order valence-electron chi connectivity index (χ0n) is 14.3. The van der Waals surface area contributed by atoms with Crippen LogP contribution in [-0.4, -0.2) is 47.5 Å². The van der Waals surface area contributed by atoms with Crippen molar-refractivity contribution in [2.24, 2.45) is 0 Å². The zero-order valence-corrected chi connectivity index (χ0v) is 14.3. The Balaban J connectivity index is 1.62. The van der Waals surface area contributed by atoms with E-state index in [0.29, 0.717) is 13.1 Å². The van der Waals surface area contributed by atoms with Gasteiger partial charge in [0.25, 0.3) is 0 Å². The van der Waals surface area contributed by atoms with Gasteiger partial charge in [-0.1, -0.05) is 42.5 Å². The molecule has 2 aromatic rings. The normalized spacial score (nSPS) is 15.1. The fourth-order valence-corrected chi connectivity index (χ4v) is 2.99. The summed E-state index contributed by atoms with van der Waals surface area (Å²) >= 11 is 0. The van der Waals surface area contributed by atoms with Crippen LogP contribution in [0.15, 0.2) is 48.7 Å². The minimum Gasteiger partial charge on any atom is -0.348 e. The molecule has 0 spiro atoms. The fourth-order valence-electron chi connectivity index (χ4n) is 2.99. The standard InChI is InChI=1S/C19H19N5O2/c20-15-17-8-9-21-19(18(17)24(25)26)23-13-11-22(12-14-23)10-4-7-16-5-2-1-3-6-16/h1-9H,10-14H2/b7-4+. The summed E-state index contributed by atoms with van der Waals surface area (Å²) in [4.78, 5) is 19.2. The van der Waals surface area contributed by atoms with Gasteiger partial charge >= 0.3 is 5.69 Å². The summed E-state index contributed by atoms with van der Waals surface area (Å²) in [5.41, 5.74) is 1.01. The Labute approximate surface area is 151 Å². The molecule has 7 nitrogen and oxygen atoms in total. The van der Waals surface area contributed by atoms with Gasteiger partial charge in [-0.25, -0.2) is 4.98 Å². The molecule has 1 aliphatic rings. The third-order valence-electron chi connectivity index (χ3n) is 4.35. The molecule has 1 aliphatic heterocycles. The van der Waals surface area contributed by atoms with Crippen LogP contribution in [0.4, 0.5) is 11.5 Å². The van der Waals surface area contributed by atoms with Gasteiger partial charge in [0.2, 0.25) is 5.82 Å². The molecule has 26 heavy (non-hydrogen) atoms. The molecule has 0 saturated carbocycles. The van der Waals surface area contributed by atoms with E-state index in [4.69, 9.17) is 5.26 Å². The summed E-state index contributed by atoms with van der Waals surface area (Å²) in [6, 6.07) is 13.4. The van der Waals surface area contributed by atoms with Gasteiger partial charge in [-0.05, 0) is 11.6 Å². The number of benzene rings is 1. The van der Waals surface area contributed by atoms with Gasteiger partial charge < -0.3 is 4.90 Å². The van der Waals surface area contributed by atoms with E-state index in [1.807, 2.05) is 29.2 Å². The van der Waals surface area contributed by atoms with E-state index in [0.717, 1.165) is 19.6 Å². The molecule has 3 rings (SSSR count). The van der Waals surface area contributed by atoms with Crippen LogP contribution in [0.25, 0.3) is 6.08 Å². The molecule has 2 heterocycles. The highest BCUT2D eigenvalue weighted by atomic mass is 16.6. The van der Waals surface area contributed by atoms with Crippen molar-refractivity contribution in [3.63, 3.8) is 0 Å². The van der Waals surface area contributed by atoms with Crippen molar-refractivity contribution < 1.29 is 4.92 Å². The predicted molar refractivity (Wildman–Crippen MR) is 99.7 cm³/mol. The first-order valence-electron chi connectivity index (χ1n) is 8.41. The number of nitriles is 1. The lowest BCUT2D eigenvalue weighted by molar-refractivity contribution is -0.384. The van der Waals surface area contributed by atoms with Gasteiger partial charge in [0.05, 0.1) is 4.92 Å². The summed E-state index contributed by atoms with van der Waals surface area (Å²) in [6.07, 6.45) is 5.67. The topological polar surface area (TPSA) is 86.3 Å². The molecule has 0 unspecified atom stereocenters. The van der Waals surface area contributed by atoms with Gasteiger partial charge in [-0.2, -0.15) is 5.26 Å². The second-order valence-corrected chi connectivity index (χ2v) is 6.00. The highest BCUT2D eigenvalue weighted by Gasteiger charge is 2.27. The summed E-state index contributed by atoms with van der Waals surface area (Å²) in [5, 5.41) is 20.5. The largest absolute Gasteiger partial charge is 0.348 e. The lowest BCUT2D eigenvalue weighted by atomic mass is 10.2.